The highest BCUT2D eigenvalue weighted by molar-refractivity contribution is 5.84. The van der Waals surface area contributed by atoms with Crippen molar-refractivity contribution >= 4 is 5.91 Å². The molecular formula is C16H31N3O. The average molecular weight is 281 g/mol. The van der Waals surface area contributed by atoms with Gasteiger partial charge in [-0.15, -0.1) is 0 Å². The van der Waals surface area contributed by atoms with E-state index in [4.69, 9.17) is 5.73 Å². The summed E-state index contributed by atoms with van der Waals surface area (Å²) in [5, 5.41) is 0. The molecule has 0 aromatic heterocycles. The maximum atomic E-state index is 12.6. The number of hydrogen-bond acceptors (Lipinski definition) is 3. The Labute approximate surface area is 123 Å². The van der Waals surface area contributed by atoms with Crippen molar-refractivity contribution in [2.45, 2.75) is 40.5 Å². The van der Waals surface area contributed by atoms with E-state index >= 15 is 0 Å². The van der Waals surface area contributed by atoms with Crippen LogP contribution in [-0.4, -0.2) is 55.0 Å². The first-order valence-electron chi connectivity index (χ1n) is 8.03. The van der Waals surface area contributed by atoms with Crippen molar-refractivity contribution < 1.29 is 4.79 Å². The number of piperazine rings is 1. The number of hydrogen-bond donors (Lipinski definition) is 1. The van der Waals surface area contributed by atoms with Crippen LogP contribution in [0.25, 0.3) is 0 Å². The largest absolute Gasteiger partial charge is 0.340 e. The summed E-state index contributed by atoms with van der Waals surface area (Å²) in [6, 6.07) is 0. The van der Waals surface area contributed by atoms with E-state index in [0.717, 1.165) is 45.7 Å². The minimum atomic E-state index is 0.155. The van der Waals surface area contributed by atoms with Gasteiger partial charge in [0.15, 0.2) is 0 Å². The second-order valence-corrected chi connectivity index (χ2v) is 7.54. The molecule has 0 unspecified atom stereocenters. The lowest BCUT2D eigenvalue weighted by molar-refractivity contribution is -0.135. The molecule has 4 heteroatoms. The lowest BCUT2D eigenvalue weighted by atomic mass is 10.0. The smallest absolute Gasteiger partial charge is 0.226 e. The van der Waals surface area contributed by atoms with E-state index in [0.29, 0.717) is 5.91 Å². The first kappa shape index (κ1) is 15.8. The zero-order chi connectivity index (χ0) is 15.0. The molecule has 0 spiro atoms. The summed E-state index contributed by atoms with van der Waals surface area (Å²) in [7, 11) is 0. The van der Waals surface area contributed by atoms with Crippen LogP contribution in [0.2, 0.25) is 0 Å². The van der Waals surface area contributed by atoms with Crippen LogP contribution in [-0.2, 0) is 4.79 Å². The number of carbonyl (C=O) groups excluding carboxylic acids is 1. The van der Waals surface area contributed by atoms with Crippen LogP contribution in [0.4, 0.5) is 0 Å². The van der Waals surface area contributed by atoms with E-state index in [1.165, 1.54) is 6.42 Å². The molecule has 1 aliphatic heterocycles. The SMILES string of the molecule is CC1(C)C(C(=O)N2CCN(CCCCN)CC2)C1(C)C. The van der Waals surface area contributed by atoms with Crippen LogP contribution in [0.3, 0.4) is 0 Å². The van der Waals surface area contributed by atoms with E-state index in [2.05, 4.69) is 37.5 Å². The number of rotatable bonds is 5. The van der Waals surface area contributed by atoms with Crippen LogP contribution in [0, 0.1) is 16.7 Å². The first-order valence-corrected chi connectivity index (χ1v) is 8.03. The number of nitrogens with two attached hydrogens (primary N) is 1. The molecule has 2 rings (SSSR count). The van der Waals surface area contributed by atoms with Crippen molar-refractivity contribution in [3.8, 4) is 0 Å². The van der Waals surface area contributed by atoms with Gasteiger partial charge in [0.1, 0.15) is 0 Å². The Morgan fingerprint density at radius 3 is 2.05 bits per heavy atom. The minimum absolute atomic E-state index is 0.155. The fourth-order valence-corrected chi connectivity index (χ4v) is 3.67. The van der Waals surface area contributed by atoms with Gasteiger partial charge in [0.05, 0.1) is 0 Å². The molecule has 20 heavy (non-hydrogen) atoms. The molecule has 1 saturated carbocycles. The maximum absolute atomic E-state index is 12.6. The lowest BCUT2D eigenvalue weighted by Gasteiger charge is -2.35. The average Bonchev–Trinajstić information content (AvgIpc) is 2.80. The van der Waals surface area contributed by atoms with Crippen LogP contribution < -0.4 is 5.73 Å². The minimum Gasteiger partial charge on any atom is -0.340 e. The molecule has 0 aromatic rings. The molecule has 1 heterocycles. The van der Waals surface area contributed by atoms with Gasteiger partial charge in [-0.2, -0.15) is 0 Å². The molecule has 2 N–H and O–H groups in total. The summed E-state index contributed by atoms with van der Waals surface area (Å²) in [5.74, 6) is 0.584. The van der Waals surface area contributed by atoms with Crippen molar-refractivity contribution in [2.24, 2.45) is 22.5 Å². The van der Waals surface area contributed by atoms with Gasteiger partial charge in [-0.25, -0.2) is 0 Å². The third-order valence-corrected chi connectivity index (χ3v) is 5.88. The maximum Gasteiger partial charge on any atom is 0.226 e. The monoisotopic (exact) mass is 281 g/mol. The predicted molar refractivity (Wildman–Crippen MR) is 82.4 cm³/mol. The fraction of sp³-hybridized carbons (Fsp3) is 0.938. The molecule has 0 atom stereocenters. The highest BCUT2D eigenvalue weighted by Crippen LogP contribution is 2.68. The standard InChI is InChI=1S/C16H31N3O/c1-15(2)13(16(15,3)4)14(20)19-11-9-18(10-12-19)8-6-5-7-17/h13H,5-12,17H2,1-4H3. The normalized spacial score (nSPS) is 25.8. The summed E-state index contributed by atoms with van der Waals surface area (Å²) in [6.07, 6.45) is 2.27. The second-order valence-electron chi connectivity index (χ2n) is 7.54. The summed E-state index contributed by atoms with van der Waals surface area (Å²) in [4.78, 5) is 17.2. The molecule has 0 aromatic carbocycles. The number of carbonyl (C=O) groups is 1. The zero-order valence-corrected chi connectivity index (χ0v) is 13.6. The van der Waals surface area contributed by atoms with Gasteiger partial charge in [-0.05, 0) is 36.8 Å². The van der Waals surface area contributed by atoms with Crippen molar-refractivity contribution in [3.05, 3.63) is 0 Å². The second kappa shape index (κ2) is 5.64. The van der Waals surface area contributed by atoms with Crippen LogP contribution in [0.1, 0.15) is 40.5 Å². The van der Waals surface area contributed by atoms with Crippen molar-refractivity contribution in [3.63, 3.8) is 0 Å². The zero-order valence-electron chi connectivity index (χ0n) is 13.6. The molecule has 1 aliphatic carbocycles. The van der Waals surface area contributed by atoms with Crippen LogP contribution >= 0.6 is 0 Å². The van der Waals surface area contributed by atoms with Gasteiger partial charge in [0.25, 0.3) is 0 Å². The number of nitrogens with zero attached hydrogens (tertiary/aromatic N) is 2. The molecule has 2 aliphatic rings. The molecule has 4 nitrogen and oxygen atoms in total. The van der Waals surface area contributed by atoms with Crippen LogP contribution in [0.15, 0.2) is 0 Å². The van der Waals surface area contributed by atoms with E-state index in [1.807, 2.05) is 0 Å². The Kier molecular flexibility index (Phi) is 4.45. The summed E-state index contributed by atoms with van der Waals surface area (Å²) in [6.45, 7) is 14.6. The Morgan fingerprint density at radius 2 is 1.60 bits per heavy atom. The molecule has 0 radical (unpaired) electrons. The Balaban J connectivity index is 1.79. The molecule has 2 fully saturated rings. The summed E-state index contributed by atoms with van der Waals surface area (Å²) in [5.41, 5.74) is 5.84. The molecule has 1 amide bonds. The topological polar surface area (TPSA) is 49.6 Å². The predicted octanol–water partition coefficient (Wildman–Crippen LogP) is 1.55. The van der Waals surface area contributed by atoms with Gasteiger partial charge in [-0.3, -0.25) is 9.69 Å². The van der Waals surface area contributed by atoms with Gasteiger partial charge in [0.2, 0.25) is 5.91 Å². The summed E-state index contributed by atoms with van der Waals surface area (Å²) < 4.78 is 0. The first-order chi connectivity index (χ1) is 9.32. The van der Waals surface area contributed by atoms with Gasteiger partial charge in [-0.1, -0.05) is 27.7 Å². The summed E-state index contributed by atoms with van der Waals surface area (Å²) >= 11 is 0. The van der Waals surface area contributed by atoms with Crippen LogP contribution in [0.5, 0.6) is 0 Å². The van der Waals surface area contributed by atoms with Crippen molar-refractivity contribution in [1.82, 2.24) is 9.80 Å². The lowest BCUT2D eigenvalue weighted by Crippen LogP contribution is -2.49. The molecule has 1 saturated heterocycles. The molecule has 116 valence electrons. The van der Waals surface area contributed by atoms with Gasteiger partial charge < -0.3 is 10.6 Å². The van der Waals surface area contributed by atoms with E-state index in [-0.39, 0.29) is 16.7 Å². The molecule has 0 bridgehead atoms. The quantitative estimate of drug-likeness (QED) is 0.778. The van der Waals surface area contributed by atoms with Crippen molar-refractivity contribution in [2.75, 3.05) is 39.3 Å². The van der Waals surface area contributed by atoms with E-state index in [1.54, 1.807) is 0 Å². The third kappa shape index (κ3) is 2.73. The highest BCUT2D eigenvalue weighted by atomic mass is 16.2. The Hall–Kier alpha value is -0.610. The fourth-order valence-electron chi connectivity index (χ4n) is 3.67. The van der Waals surface area contributed by atoms with E-state index in [9.17, 15) is 4.79 Å². The highest BCUT2D eigenvalue weighted by Gasteiger charge is 2.68. The molecular weight excluding hydrogens is 250 g/mol. The number of unbranched alkanes of at least 4 members (excludes halogenated alkanes) is 1. The van der Waals surface area contributed by atoms with Crippen molar-refractivity contribution in [1.29, 1.82) is 0 Å². The van der Waals surface area contributed by atoms with E-state index < -0.39 is 0 Å². The Bertz CT molecular complexity index is 343. The Morgan fingerprint density at radius 1 is 1.05 bits per heavy atom. The third-order valence-electron chi connectivity index (χ3n) is 5.88. The number of amides is 1. The van der Waals surface area contributed by atoms with Gasteiger partial charge >= 0.3 is 0 Å². The van der Waals surface area contributed by atoms with Gasteiger partial charge in [0, 0.05) is 32.1 Å².